The Labute approximate surface area is 163 Å². The SMILES string of the molecule is N#C/C(=C/N1CCc2ccccc2C1)C(=O)Nc1cccc2c(O)cccc12. The molecule has 28 heavy (non-hydrogen) atoms. The molecule has 1 aliphatic heterocycles. The molecule has 0 bridgehead atoms. The normalized spacial score (nSPS) is 13.7. The number of amides is 1. The van der Waals surface area contributed by atoms with Crippen molar-refractivity contribution in [3.05, 3.63) is 83.6 Å². The minimum atomic E-state index is -0.461. The summed E-state index contributed by atoms with van der Waals surface area (Å²) in [5.74, 6) is -0.311. The van der Waals surface area contributed by atoms with E-state index in [-0.39, 0.29) is 11.3 Å². The monoisotopic (exact) mass is 369 g/mol. The van der Waals surface area contributed by atoms with Crippen LogP contribution in [0.1, 0.15) is 11.1 Å². The van der Waals surface area contributed by atoms with E-state index < -0.39 is 5.91 Å². The van der Waals surface area contributed by atoms with Gasteiger partial charge in [-0.05, 0) is 29.7 Å². The number of phenols is 1. The molecule has 1 aliphatic rings. The van der Waals surface area contributed by atoms with Crippen molar-refractivity contribution in [2.45, 2.75) is 13.0 Å². The minimum Gasteiger partial charge on any atom is -0.507 e. The molecule has 3 aromatic carbocycles. The van der Waals surface area contributed by atoms with Crippen LogP contribution in [0.25, 0.3) is 10.8 Å². The van der Waals surface area contributed by atoms with Crippen molar-refractivity contribution in [2.75, 3.05) is 11.9 Å². The highest BCUT2D eigenvalue weighted by Gasteiger charge is 2.17. The maximum atomic E-state index is 12.7. The number of fused-ring (bicyclic) bond motifs is 2. The molecule has 1 heterocycles. The molecular formula is C23H19N3O2. The van der Waals surface area contributed by atoms with Crippen LogP contribution in [0.2, 0.25) is 0 Å². The zero-order valence-corrected chi connectivity index (χ0v) is 15.2. The van der Waals surface area contributed by atoms with Crippen LogP contribution in [-0.4, -0.2) is 22.5 Å². The Hall–Kier alpha value is -3.78. The van der Waals surface area contributed by atoms with Gasteiger partial charge >= 0.3 is 0 Å². The van der Waals surface area contributed by atoms with Gasteiger partial charge in [0.1, 0.15) is 17.4 Å². The molecule has 0 aliphatic carbocycles. The number of rotatable bonds is 3. The van der Waals surface area contributed by atoms with Crippen LogP contribution in [0.4, 0.5) is 5.69 Å². The van der Waals surface area contributed by atoms with E-state index in [0.29, 0.717) is 17.6 Å². The lowest BCUT2D eigenvalue weighted by atomic mass is 10.00. The highest BCUT2D eigenvalue weighted by atomic mass is 16.3. The van der Waals surface area contributed by atoms with Crippen molar-refractivity contribution < 1.29 is 9.90 Å². The maximum Gasteiger partial charge on any atom is 0.267 e. The van der Waals surface area contributed by atoms with Gasteiger partial charge < -0.3 is 15.3 Å². The maximum absolute atomic E-state index is 12.7. The van der Waals surface area contributed by atoms with Gasteiger partial charge in [0.2, 0.25) is 0 Å². The summed E-state index contributed by atoms with van der Waals surface area (Å²) in [6, 6.07) is 20.7. The summed E-state index contributed by atoms with van der Waals surface area (Å²) in [6.07, 6.45) is 2.52. The third-order valence-corrected chi connectivity index (χ3v) is 4.98. The number of carbonyl (C=O) groups is 1. The van der Waals surface area contributed by atoms with Crippen LogP contribution < -0.4 is 5.32 Å². The number of phenolic OH excluding ortho intramolecular Hbond substituents is 1. The van der Waals surface area contributed by atoms with Crippen LogP contribution in [0.3, 0.4) is 0 Å². The number of carbonyl (C=O) groups excluding carboxylic acids is 1. The van der Waals surface area contributed by atoms with Crippen LogP contribution in [0, 0.1) is 11.3 Å². The first kappa shape index (κ1) is 17.6. The lowest BCUT2D eigenvalue weighted by Crippen LogP contribution is -2.27. The molecule has 0 spiro atoms. The summed E-state index contributed by atoms with van der Waals surface area (Å²) >= 11 is 0. The predicted octanol–water partition coefficient (Wildman–Crippen LogP) is 3.95. The number of nitrogens with one attached hydrogen (secondary N) is 1. The number of aromatic hydroxyl groups is 1. The molecule has 0 aromatic heterocycles. The minimum absolute atomic E-state index is 0.0523. The Bertz CT molecular complexity index is 1130. The van der Waals surface area contributed by atoms with Gasteiger partial charge in [-0.1, -0.05) is 48.5 Å². The van der Waals surface area contributed by atoms with E-state index in [4.69, 9.17) is 0 Å². The van der Waals surface area contributed by atoms with E-state index in [9.17, 15) is 15.2 Å². The summed E-state index contributed by atoms with van der Waals surface area (Å²) in [5, 5.41) is 23.7. The number of nitrogens with zero attached hydrogens (tertiary/aromatic N) is 2. The van der Waals surface area contributed by atoms with E-state index in [2.05, 4.69) is 17.4 Å². The van der Waals surface area contributed by atoms with Crippen molar-refractivity contribution in [1.82, 2.24) is 4.90 Å². The van der Waals surface area contributed by atoms with Gasteiger partial charge in [-0.2, -0.15) is 5.26 Å². The molecule has 0 saturated carbocycles. The standard InChI is InChI=1S/C23H19N3O2/c24-13-18(15-26-12-11-16-5-1-2-6-17(16)14-26)23(28)25-21-9-3-8-20-19(21)7-4-10-22(20)27/h1-10,15,27H,11-12,14H2,(H,25,28)/b18-15-. The summed E-state index contributed by atoms with van der Waals surface area (Å²) in [6.45, 7) is 1.44. The number of hydrogen-bond donors (Lipinski definition) is 2. The number of anilines is 1. The number of nitriles is 1. The second-order valence-corrected chi connectivity index (χ2v) is 6.78. The largest absolute Gasteiger partial charge is 0.507 e. The first-order valence-electron chi connectivity index (χ1n) is 9.10. The van der Waals surface area contributed by atoms with E-state index in [1.54, 1.807) is 36.5 Å². The average molecular weight is 369 g/mol. The smallest absolute Gasteiger partial charge is 0.267 e. The van der Waals surface area contributed by atoms with E-state index in [1.807, 2.05) is 29.2 Å². The van der Waals surface area contributed by atoms with E-state index >= 15 is 0 Å². The summed E-state index contributed by atoms with van der Waals surface area (Å²) < 4.78 is 0. The zero-order valence-electron chi connectivity index (χ0n) is 15.2. The Morgan fingerprint density at radius 2 is 1.79 bits per heavy atom. The van der Waals surface area contributed by atoms with Crippen LogP contribution in [0.5, 0.6) is 5.75 Å². The average Bonchev–Trinajstić information content (AvgIpc) is 2.72. The quantitative estimate of drug-likeness (QED) is 0.541. The van der Waals surface area contributed by atoms with Gasteiger partial charge in [0.15, 0.2) is 0 Å². The zero-order chi connectivity index (χ0) is 19.5. The lowest BCUT2D eigenvalue weighted by Gasteiger charge is -2.27. The van der Waals surface area contributed by atoms with Gasteiger partial charge in [0, 0.05) is 35.7 Å². The topological polar surface area (TPSA) is 76.4 Å². The van der Waals surface area contributed by atoms with Gasteiger partial charge in [0.25, 0.3) is 5.91 Å². The third kappa shape index (κ3) is 3.40. The van der Waals surface area contributed by atoms with Crippen LogP contribution in [0.15, 0.2) is 72.4 Å². The molecule has 5 nitrogen and oxygen atoms in total. The molecule has 0 fully saturated rings. The lowest BCUT2D eigenvalue weighted by molar-refractivity contribution is -0.112. The highest BCUT2D eigenvalue weighted by Crippen LogP contribution is 2.30. The Kier molecular flexibility index (Phi) is 4.69. The fourth-order valence-corrected chi connectivity index (χ4v) is 3.54. The fourth-order valence-electron chi connectivity index (χ4n) is 3.54. The fraction of sp³-hybridized carbons (Fsp3) is 0.130. The van der Waals surface area contributed by atoms with E-state index in [0.717, 1.165) is 18.4 Å². The molecule has 5 heteroatoms. The van der Waals surface area contributed by atoms with Crippen LogP contribution in [-0.2, 0) is 17.8 Å². The molecule has 2 N–H and O–H groups in total. The van der Waals surface area contributed by atoms with Crippen molar-refractivity contribution in [3.63, 3.8) is 0 Å². The van der Waals surface area contributed by atoms with Crippen molar-refractivity contribution >= 4 is 22.4 Å². The second-order valence-electron chi connectivity index (χ2n) is 6.78. The van der Waals surface area contributed by atoms with Crippen LogP contribution >= 0.6 is 0 Å². The molecule has 138 valence electrons. The molecule has 3 aromatic rings. The van der Waals surface area contributed by atoms with Gasteiger partial charge in [-0.15, -0.1) is 0 Å². The van der Waals surface area contributed by atoms with Crippen molar-refractivity contribution in [3.8, 4) is 11.8 Å². The third-order valence-electron chi connectivity index (χ3n) is 4.98. The Balaban J connectivity index is 1.57. The predicted molar refractivity (Wildman–Crippen MR) is 108 cm³/mol. The highest BCUT2D eigenvalue weighted by molar-refractivity contribution is 6.11. The first-order valence-corrected chi connectivity index (χ1v) is 9.10. The molecule has 0 radical (unpaired) electrons. The van der Waals surface area contributed by atoms with Gasteiger partial charge in [-0.3, -0.25) is 4.79 Å². The molecule has 0 atom stereocenters. The summed E-state index contributed by atoms with van der Waals surface area (Å²) in [4.78, 5) is 14.7. The molecule has 4 rings (SSSR count). The summed E-state index contributed by atoms with van der Waals surface area (Å²) in [7, 11) is 0. The summed E-state index contributed by atoms with van der Waals surface area (Å²) in [5.41, 5.74) is 3.14. The van der Waals surface area contributed by atoms with E-state index in [1.165, 1.54) is 11.1 Å². The molecule has 1 amide bonds. The molecular weight excluding hydrogens is 350 g/mol. The Morgan fingerprint density at radius 3 is 2.61 bits per heavy atom. The number of benzene rings is 3. The number of hydrogen-bond acceptors (Lipinski definition) is 4. The Morgan fingerprint density at radius 1 is 1.04 bits per heavy atom. The van der Waals surface area contributed by atoms with Gasteiger partial charge in [0.05, 0.1) is 0 Å². The molecule has 0 unspecified atom stereocenters. The molecule has 0 saturated heterocycles. The first-order chi connectivity index (χ1) is 13.7. The van der Waals surface area contributed by atoms with Gasteiger partial charge in [-0.25, -0.2) is 0 Å². The second kappa shape index (κ2) is 7.45. The van der Waals surface area contributed by atoms with Crippen molar-refractivity contribution in [1.29, 1.82) is 5.26 Å². The van der Waals surface area contributed by atoms with Crippen molar-refractivity contribution in [2.24, 2.45) is 0 Å².